The maximum Gasteiger partial charge on any atom is 0.223 e. The number of hydrogen-bond donors (Lipinski definition) is 0. The molecule has 2 unspecified atom stereocenters. The van der Waals surface area contributed by atoms with Crippen molar-refractivity contribution < 1.29 is 4.79 Å². The molecule has 2 fully saturated rings. The minimum Gasteiger partial charge on any atom is -0.338 e. The molecule has 3 heteroatoms. The summed E-state index contributed by atoms with van der Waals surface area (Å²) >= 11 is 2.04. The van der Waals surface area contributed by atoms with E-state index in [-0.39, 0.29) is 5.41 Å². The highest BCUT2D eigenvalue weighted by Crippen LogP contribution is 2.38. The van der Waals surface area contributed by atoms with Crippen molar-refractivity contribution in [2.75, 3.05) is 12.3 Å². The highest BCUT2D eigenvalue weighted by molar-refractivity contribution is 8.00. The van der Waals surface area contributed by atoms with E-state index in [0.717, 1.165) is 11.8 Å². The Kier molecular flexibility index (Phi) is 2.54. The van der Waals surface area contributed by atoms with Crippen LogP contribution in [0.4, 0.5) is 0 Å². The zero-order valence-electron chi connectivity index (χ0n) is 9.25. The van der Waals surface area contributed by atoms with Crippen molar-refractivity contribution in [1.29, 1.82) is 0 Å². The lowest BCUT2D eigenvalue weighted by molar-refractivity contribution is -0.133. The number of amides is 1. The molecule has 2 saturated heterocycles. The summed E-state index contributed by atoms with van der Waals surface area (Å²) in [6, 6.07) is 0.555. The van der Waals surface area contributed by atoms with Gasteiger partial charge in [-0.1, -0.05) is 20.8 Å². The van der Waals surface area contributed by atoms with Crippen molar-refractivity contribution in [3.8, 4) is 0 Å². The van der Waals surface area contributed by atoms with E-state index in [1.165, 1.54) is 12.2 Å². The number of likely N-dealkylation sites (tertiary alicyclic amines) is 1. The Morgan fingerprint density at radius 3 is 2.64 bits per heavy atom. The highest BCUT2D eigenvalue weighted by atomic mass is 32.2. The van der Waals surface area contributed by atoms with Crippen LogP contribution in [0.5, 0.6) is 0 Å². The second kappa shape index (κ2) is 3.44. The molecule has 0 aromatic carbocycles. The molecule has 1 amide bonds. The van der Waals surface area contributed by atoms with Gasteiger partial charge in [-0.05, 0) is 11.8 Å². The molecule has 14 heavy (non-hydrogen) atoms. The van der Waals surface area contributed by atoms with Crippen LogP contribution in [0, 0.1) is 5.41 Å². The summed E-state index contributed by atoms with van der Waals surface area (Å²) in [7, 11) is 0. The van der Waals surface area contributed by atoms with E-state index in [9.17, 15) is 4.79 Å². The van der Waals surface area contributed by atoms with Crippen molar-refractivity contribution in [1.82, 2.24) is 4.90 Å². The average Bonchev–Trinajstić information content (AvgIpc) is 2.59. The van der Waals surface area contributed by atoms with Crippen LogP contribution < -0.4 is 0 Å². The molecular formula is C11H19NOS. The second-order valence-electron chi connectivity index (χ2n) is 5.63. The molecule has 2 heterocycles. The third kappa shape index (κ3) is 2.08. The lowest BCUT2D eigenvalue weighted by Gasteiger charge is -2.29. The predicted molar refractivity (Wildman–Crippen MR) is 60.4 cm³/mol. The Balaban J connectivity index is 1.93. The minimum absolute atomic E-state index is 0.131. The first-order valence-electron chi connectivity index (χ1n) is 5.37. The Bertz CT molecular complexity index is 246. The summed E-state index contributed by atoms with van der Waals surface area (Å²) < 4.78 is 0. The van der Waals surface area contributed by atoms with Crippen molar-refractivity contribution in [3.05, 3.63) is 0 Å². The van der Waals surface area contributed by atoms with Gasteiger partial charge in [-0.2, -0.15) is 11.8 Å². The highest BCUT2D eigenvalue weighted by Gasteiger charge is 2.41. The first kappa shape index (κ1) is 10.3. The van der Waals surface area contributed by atoms with Crippen molar-refractivity contribution in [2.24, 2.45) is 5.41 Å². The Hall–Kier alpha value is -0.180. The van der Waals surface area contributed by atoms with Crippen LogP contribution >= 0.6 is 11.8 Å². The summed E-state index contributed by atoms with van der Waals surface area (Å²) in [4.78, 5) is 14.1. The lowest BCUT2D eigenvalue weighted by Crippen LogP contribution is -2.40. The zero-order valence-corrected chi connectivity index (χ0v) is 10.1. The number of fused-ring (bicyclic) bond motifs is 2. The zero-order chi connectivity index (χ0) is 10.3. The van der Waals surface area contributed by atoms with Gasteiger partial charge in [0.25, 0.3) is 0 Å². The molecular weight excluding hydrogens is 194 g/mol. The molecule has 2 aliphatic rings. The third-order valence-corrected chi connectivity index (χ3v) is 4.29. The van der Waals surface area contributed by atoms with Gasteiger partial charge in [0.2, 0.25) is 5.91 Å². The Morgan fingerprint density at radius 2 is 2.21 bits per heavy atom. The van der Waals surface area contributed by atoms with Crippen molar-refractivity contribution in [3.63, 3.8) is 0 Å². The standard InChI is InChI=1S/C11H19NOS/c1-11(2,3)5-10(13)12-6-9-4-8(12)7-14-9/h8-9H,4-7H2,1-3H3. The average molecular weight is 213 g/mol. The Morgan fingerprint density at radius 1 is 1.50 bits per heavy atom. The van der Waals surface area contributed by atoms with Gasteiger partial charge in [0, 0.05) is 30.0 Å². The largest absolute Gasteiger partial charge is 0.338 e. The molecule has 0 aromatic rings. The smallest absolute Gasteiger partial charge is 0.223 e. The van der Waals surface area contributed by atoms with Gasteiger partial charge in [-0.15, -0.1) is 0 Å². The summed E-state index contributed by atoms with van der Waals surface area (Å²) in [6.07, 6.45) is 1.93. The molecule has 0 radical (unpaired) electrons. The Labute approximate surface area is 90.4 Å². The van der Waals surface area contributed by atoms with Crippen LogP contribution in [0.15, 0.2) is 0 Å². The van der Waals surface area contributed by atoms with E-state index >= 15 is 0 Å². The summed E-state index contributed by atoms with van der Waals surface area (Å²) in [5, 5.41) is 0.740. The summed E-state index contributed by atoms with van der Waals surface area (Å²) in [6.45, 7) is 7.40. The topological polar surface area (TPSA) is 20.3 Å². The second-order valence-corrected chi connectivity index (χ2v) is 6.96. The SMILES string of the molecule is CC(C)(C)CC(=O)N1CC2CC1CS2. The first-order chi connectivity index (χ1) is 6.46. The van der Waals surface area contributed by atoms with E-state index in [4.69, 9.17) is 0 Å². The molecule has 2 atom stereocenters. The van der Waals surface area contributed by atoms with E-state index in [0.29, 0.717) is 18.4 Å². The monoisotopic (exact) mass is 213 g/mol. The fourth-order valence-corrected chi connectivity index (χ4v) is 3.69. The quantitative estimate of drug-likeness (QED) is 0.665. The van der Waals surface area contributed by atoms with Gasteiger partial charge in [0.1, 0.15) is 0 Å². The van der Waals surface area contributed by atoms with E-state index < -0.39 is 0 Å². The van der Waals surface area contributed by atoms with Crippen LogP contribution in [0.1, 0.15) is 33.6 Å². The number of nitrogens with zero attached hydrogens (tertiary/aromatic N) is 1. The molecule has 0 N–H and O–H groups in total. The van der Waals surface area contributed by atoms with Crippen LogP contribution in [0.3, 0.4) is 0 Å². The van der Waals surface area contributed by atoms with Gasteiger partial charge >= 0.3 is 0 Å². The van der Waals surface area contributed by atoms with Gasteiger partial charge in [0.15, 0.2) is 0 Å². The van der Waals surface area contributed by atoms with Crippen LogP contribution in [-0.2, 0) is 4.79 Å². The predicted octanol–water partition coefficient (Wildman–Crippen LogP) is 2.14. The van der Waals surface area contributed by atoms with Gasteiger partial charge in [-0.25, -0.2) is 0 Å². The number of carbonyl (C=O) groups excluding carboxylic acids is 1. The van der Waals surface area contributed by atoms with E-state index in [1.54, 1.807) is 0 Å². The third-order valence-electron chi connectivity index (χ3n) is 2.90. The number of thioether (sulfide) groups is 1. The molecule has 80 valence electrons. The van der Waals surface area contributed by atoms with E-state index in [2.05, 4.69) is 25.7 Å². The van der Waals surface area contributed by atoms with Crippen molar-refractivity contribution in [2.45, 2.75) is 44.9 Å². The lowest BCUT2D eigenvalue weighted by atomic mass is 9.91. The molecule has 2 bridgehead atoms. The first-order valence-corrected chi connectivity index (χ1v) is 6.42. The van der Waals surface area contributed by atoms with Crippen molar-refractivity contribution >= 4 is 17.7 Å². The number of hydrogen-bond acceptors (Lipinski definition) is 2. The maximum absolute atomic E-state index is 12.0. The summed E-state index contributed by atoms with van der Waals surface area (Å²) in [5.74, 6) is 1.53. The number of carbonyl (C=O) groups is 1. The fourth-order valence-electron chi connectivity index (χ4n) is 2.26. The molecule has 2 nitrogen and oxygen atoms in total. The van der Waals surface area contributed by atoms with Gasteiger partial charge in [0.05, 0.1) is 0 Å². The fraction of sp³-hybridized carbons (Fsp3) is 0.909. The van der Waals surface area contributed by atoms with Gasteiger partial charge in [-0.3, -0.25) is 4.79 Å². The normalized spacial score (nSPS) is 31.2. The molecule has 2 rings (SSSR count). The molecule has 0 saturated carbocycles. The molecule has 2 aliphatic heterocycles. The van der Waals surface area contributed by atoms with E-state index in [1.807, 2.05) is 11.8 Å². The maximum atomic E-state index is 12.0. The summed E-state index contributed by atoms with van der Waals surface area (Å²) in [5.41, 5.74) is 0.131. The van der Waals surface area contributed by atoms with Crippen LogP contribution in [-0.4, -0.2) is 34.4 Å². The van der Waals surface area contributed by atoms with Gasteiger partial charge < -0.3 is 4.90 Å². The molecule has 0 aromatic heterocycles. The van der Waals surface area contributed by atoms with Crippen LogP contribution in [0.2, 0.25) is 0 Å². The van der Waals surface area contributed by atoms with Crippen LogP contribution in [0.25, 0.3) is 0 Å². The molecule has 0 aliphatic carbocycles. The molecule has 0 spiro atoms. The number of rotatable bonds is 1. The minimum atomic E-state index is 0.131.